The minimum Gasteiger partial charge on any atom is -0.398 e. The van der Waals surface area contributed by atoms with Gasteiger partial charge in [0.15, 0.2) is 0 Å². The zero-order chi connectivity index (χ0) is 38.1. The number of para-hydroxylation sites is 1. The number of nitrogens with zero attached hydrogens (tertiary/aromatic N) is 4. The van der Waals surface area contributed by atoms with Gasteiger partial charge >= 0.3 is 0 Å². The molecular formula is C52H41N5. The smallest absolute Gasteiger partial charge is 0.139 e. The number of allylic oxidation sites excluding steroid dienone is 8. The summed E-state index contributed by atoms with van der Waals surface area (Å²) in [5.74, 6) is 0.979. The van der Waals surface area contributed by atoms with Crippen molar-refractivity contribution in [3.05, 3.63) is 210 Å². The predicted octanol–water partition coefficient (Wildman–Crippen LogP) is 11.9. The topological polar surface area (TPSA) is 59.4 Å². The quantitative estimate of drug-likeness (QED) is 0.185. The average Bonchev–Trinajstić information content (AvgIpc) is 3.88. The van der Waals surface area contributed by atoms with Gasteiger partial charge in [-0.15, -0.1) is 0 Å². The number of benzene rings is 5. The van der Waals surface area contributed by atoms with Gasteiger partial charge in [-0.05, 0) is 95.6 Å². The highest BCUT2D eigenvalue weighted by molar-refractivity contribution is 6.14. The number of dihydropyridines is 1. The van der Waals surface area contributed by atoms with E-state index in [-0.39, 0.29) is 12.1 Å². The number of nitrogens with two attached hydrogens (primary N) is 1. The molecule has 0 saturated carbocycles. The second-order valence-corrected chi connectivity index (χ2v) is 15.3. The van der Waals surface area contributed by atoms with Crippen molar-refractivity contribution in [3.63, 3.8) is 0 Å². The Morgan fingerprint density at radius 2 is 1.54 bits per heavy atom. The van der Waals surface area contributed by atoms with Gasteiger partial charge in [0.25, 0.3) is 0 Å². The summed E-state index contributed by atoms with van der Waals surface area (Å²) in [6.07, 6.45) is 21.5. The van der Waals surface area contributed by atoms with Gasteiger partial charge in [0.05, 0.1) is 22.5 Å². The van der Waals surface area contributed by atoms with Crippen LogP contribution >= 0.6 is 0 Å². The number of hydrogen-bond donors (Lipinski definition) is 1. The first-order valence-corrected chi connectivity index (χ1v) is 20.0. The van der Waals surface area contributed by atoms with E-state index in [0.717, 1.165) is 69.0 Å². The maximum absolute atomic E-state index is 7.50. The number of pyridine rings is 1. The summed E-state index contributed by atoms with van der Waals surface area (Å²) >= 11 is 0. The van der Waals surface area contributed by atoms with Crippen LogP contribution in [0.5, 0.6) is 0 Å². The van der Waals surface area contributed by atoms with Crippen LogP contribution in [0.4, 0.5) is 11.5 Å². The Balaban J connectivity index is 1.05. The fourth-order valence-corrected chi connectivity index (χ4v) is 10.0. The average molecular weight is 736 g/mol. The molecule has 0 bridgehead atoms. The van der Waals surface area contributed by atoms with Crippen LogP contribution in [0.3, 0.4) is 0 Å². The molecule has 3 unspecified atom stereocenters. The van der Waals surface area contributed by atoms with Gasteiger partial charge in [-0.1, -0.05) is 127 Å². The molecule has 2 aromatic heterocycles. The Kier molecular flexibility index (Phi) is 7.65. The van der Waals surface area contributed by atoms with Crippen LogP contribution in [-0.4, -0.2) is 21.8 Å². The van der Waals surface area contributed by atoms with Gasteiger partial charge in [-0.3, -0.25) is 4.99 Å². The lowest BCUT2D eigenvalue weighted by atomic mass is 9.65. The fraction of sp³-hybridized carbons (Fsp3) is 0.115. The van der Waals surface area contributed by atoms with E-state index >= 15 is 0 Å². The van der Waals surface area contributed by atoms with Gasteiger partial charge in [-0.25, -0.2) is 4.98 Å². The maximum atomic E-state index is 7.50. The molecule has 4 aliphatic rings. The number of aliphatic imine (C=N–C) groups is 1. The van der Waals surface area contributed by atoms with E-state index in [1.54, 1.807) is 0 Å². The van der Waals surface area contributed by atoms with Crippen LogP contribution in [-0.2, 0) is 5.41 Å². The Labute approximate surface area is 332 Å². The van der Waals surface area contributed by atoms with Crippen LogP contribution in [0.15, 0.2) is 192 Å². The Bertz CT molecular complexity index is 2920. The number of rotatable bonds is 6. The van der Waals surface area contributed by atoms with Crippen molar-refractivity contribution in [2.75, 3.05) is 4.90 Å². The highest BCUT2D eigenvalue weighted by atomic mass is 15.3. The van der Waals surface area contributed by atoms with Crippen LogP contribution in [0.1, 0.15) is 48.1 Å². The number of fused-ring (bicyclic) bond motifs is 8. The van der Waals surface area contributed by atoms with Gasteiger partial charge in [0, 0.05) is 51.4 Å². The van der Waals surface area contributed by atoms with Gasteiger partial charge < -0.3 is 15.2 Å². The fourth-order valence-electron chi connectivity index (χ4n) is 10.0. The molecule has 11 rings (SSSR count). The molecule has 57 heavy (non-hydrogen) atoms. The number of hydrogen-bond acceptors (Lipinski definition) is 4. The van der Waals surface area contributed by atoms with Crippen LogP contribution in [0.25, 0.3) is 44.3 Å². The summed E-state index contributed by atoms with van der Waals surface area (Å²) in [6.45, 7) is 2.09. The SMILES string of the molecule is C/C=C\C1=C(N)c2c(ccc3c4ccccc4n(-c4ccc(-c5ccc(N6c7ncccc7C7N=CC=CC76)cc5)cc4)c23)C1(C1=CCCC=C1)c1ccccc1. The molecule has 2 aliphatic heterocycles. The summed E-state index contributed by atoms with van der Waals surface area (Å²) in [7, 11) is 0. The number of anilines is 2. The first kappa shape index (κ1) is 33.4. The van der Waals surface area contributed by atoms with Crippen molar-refractivity contribution in [1.29, 1.82) is 0 Å². The summed E-state index contributed by atoms with van der Waals surface area (Å²) in [4.78, 5) is 11.9. The second kappa shape index (κ2) is 13.1. The third-order valence-corrected chi connectivity index (χ3v) is 12.4. The first-order chi connectivity index (χ1) is 28.2. The monoisotopic (exact) mass is 735 g/mol. The third kappa shape index (κ3) is 4.82. The summed E-state index contributed by atoms with van der Waals surface area (Å²) in [6, 6.07) is 46.5. The Morgan fingerprint density at radius 1 is 0.772 bits per heavy atom. The van der Waals surface area contributed by atoms with Crippen molar-refractivity contribution in [3.8, 4) is 16.8 Å². The maximum Gasteiger partial charge on any atom is 0.139 e. The van der Waals surface area contributed by atoms with Gasteiger partial charge in [-0.2, -0.15) is 0 Å². The lowest BCUT2D eigenvalue weighted by Crippen LogP contribution is -2.30. The van der Waals surface area contributed by atoms with E-state index in [1.807, 2.05) is 24.6 Å². The van der Waals surface area contributed by atoms with Crippen molar-refractivity contribution in [2.24, 2.45) is 10.7 Å². The molecule has 5 heteroatoms. The summed E-state index contributed by atoms with van der Waals surface area (Å²) in [5, 5.41) is 2.41. The molecule has 5 nitrogen and oxygen atoms in total. The van der Waals surface area contributed by atoms with E-state index in [2.05, 4.69) is 174 Å². The van der Waals surface area contributed by atoms with Crippen LogP contribution in [0, 0.1) is 0 Å². The third-order valence-electron chi connectivity index (χ3n) is 12.4. The van der Waals surface area contributed by atoms with Crippen LogP contribution < -0.4 is 10.6 Å². The van der Waals surface area contributed by atoms with Gasteiger partial charge in [0.1, 0.15) is 11.9 Å². The number of aromatic nitrogens is 2. The first-order valence-electron chi connectivity index (χ1n) is 20.0. The van der Waals surface area contributed by atoms with E-state index in [0.29, 0.717) is 0 Å². The molecule has 4 heterocycles. The Hall–Kier alpha value is -6.98. The molecule has 0 saturated heterocycles. The molecular weight excluding hydrogens is 695 g/mol. The standard InChI is InChI=1S/C52H41N5/c1-2-13-44-48(53)47-43(52(44,36-14-5-3-6-15-36)37-16-7-4-8-17-37)31-30-41-40-18-9-10-20-45(40)56(50(41)47)38-26-22-34(23-27-38)35-24-28-39(29-25-35)57-46-21-12-32-54-49(46)42-19-11-33-55-51(42)57/h2-3,5-7,9-33,46,49H,4,8,53H2,1H3/b13-2-. The van der Waals surface area contributed by atoms with Gasteiger partial charge in [0.2, 0.25) is 0 Å². The molecule has 2 N–H and O–H groups in total. The largest absolute Gasteiger partial charge is 0.398 e. The lowest BCUT2D eigenvalue weighted by molar-refractivity contribution is 0.667. The van der Waals surface area contributed by atoms with E-state index in [1.165, 1.54) is 33.0 Å². The van der Waals surface area contributed by atoms with Crippen molar-refractivity contribution < 1.29 is 0 Å². The van der Waals surface area contributed by atoms with E-state index in [4.69, 9.17) is 15.7 Å². The Morgan fingerprint density at radius 3 is 2.32 bits per heavy atom. The minimum atomic E-state index is -0.537. The lowest BCUT2D eigenvalue weighted by Gasteiger charge is -2.36. The highest BCUT2D eigenvalue weighted by Gasteiger charge is 2.48. The second-order valence-electron chi connectivity index (χ2n) is 15.3. The van der Waals surface area contributed by atoms with Crippen molar-refractivity contribution >= 4 is 45.2 Å². The molecule has 0 radical (unpaired) electrons. The molecule has 5 aromatic carbocycles. The zero-order valence-electron chi connectivity index (χ0n) is 31.8. The van der Waals surface area contributed by atoms with Crippen LogP contribution in [0.2, 0.25) is 0 Å². The summed E-state index contributed by atoms with van der Waals surface area (Å²) in [5.41, 5.74) is 21.7. The van der Waals surface area contributed by atoms with Crippen molar-refractivity contribution in [2.45, 2.75) is 37.3 Å². The van der Waals surface area contributed by atoms with E-state index in [9.17, 15) is 0 Å². The summed E-state index contributed by atoms with van der Waals surface area (Å²) < 4.78 is 2.43. The molecule has 3 atom stereocenters. The normalized spacial score (nSPS) is 20.8. The molecule has 0 spiro atoms. The molecule has 0 fully saturated rings. The molecule has 7 aromatic rings. The van der Waals surface area contributed by atoms with Crippen molar-refractivity contribution in [1.82, 2.24) is 9.55 Å². The minimum absolute atomic E-state index is 0.0597. The molecule has 274 valence electrons. The zero-order valence-corrected chi connectivity index (χ0v) is 31.8. The predicted molar refractivity (Wildman–Crippen MR) is 236 cm³/mol. The highest BCUT2D eigenvalue weighted by Crippen LogP contribution is 2.57. The molecule has 0 amide bonds. The van der Waals surface area contributed by atoms with E-state index < -0.39 is 5.41 Å². The molecule has 2 aliphatic carbocycles.